The average molecular weight is 474 g/mol. The topological polar surface area (TPSA) is 104 Å². The van der Waals surface area contributed by atoms with E-state index in [1.54, 1.807) is 19.2 Å². The van der Waals surface area contributed by atoms with E-state index in [1.165, 1.54) is 24.0 Å². The van der Waals surface area contributed by atoms with Crippen molar-refractivity contribution < 1.29 is 14.1 Å². The summed E-state index contributed by atoms with van der Waals surface area (Å²) in [5, 5.41) is 16.4. The predicted molar refractivity (Wildman–Crippen MR) is 133 cm³/mol. The van der Waals surface area contributed by atoms with Gasteiger partial charge < -0.3 is 19.5 Å². The number of likely N-dealkylation sites (N-methyl/N-ethyl adjacent to an activating group) is 1. The summed E-state index contributed by atoms with van der Waals surface area (Å²) in [4.78, 5) is 17.3. The zero-order valence-electron chi connectivity index (χ0n) is 20.5. The summed E-state index contributed by atoms with van der Waals surface area (Å²) in [7, 11) is 1.79. The largest absolute Gasteiger partial charge is 0.490 e. The minimum Gasteiger partial charge on any atom is -0.490 e. The number of nitrogens with one attached hydrogen (secondary N) is 1. The number of hydrogen-bond acceptors (Lipinski definition) is 7. The van der Waals surface area contributed by atoms with Gasteiger partial charge in [-0.15, -0.1) is 0 Å². The van der Waals surface area contributed by atoms with Gasteiger partial charge in [0.05, 0.1) is 18.2 Å². The lowest BCUT2D eigenvalue weighted by molar-refractivity contribution is -0.133. The normalized spacial score (nSPS) is 14.0. The smallest absolute Gasteiger partial charge is 0.258 e. The first kappa shape index (κ1) is 24.4. The molecule has 35 heavy (non-hydrogen) atoms. The molecule has 1 fully saturated rings. The maximum atomic E-state index is 10.9. The van der Waals surface area contributed by atoms with E-state index < -0.39 is 0 Å². The van der Waals surface area contributed by atoms with Gasteiger partial charge in [0, 0.05) is 24.2 Å². The van der Waals surface area contributed by atoms with Crippen LogP contribution in [0.5, 0.6) is 5.75 Å². The second kappa shape index (κ2) is 11.2. The molecule has 2 aromatic carbocycles. The van der Waals surface area contributed by atoms with E-state index in [2.05, 4.69) is 27.6 Å². The summed E-state index contributed by atoms with van der Waals surface area (Å²) in [6, 6.07) is 13.8. The van der Waals surface area contributed by atoms with Crippen molar-refractivity contribution >= 4 is 5.91 Å². The maximum absolute atomic E-state index is 10.9. The van der Waals surface area contributed by atoms with Crippen LogP contribution in [0.15, 0.2) is 40.9 Å². The highest BCUT2D eigenvalue weighted by atomic mass is 16.5. The highest BCUT2D eigenvalue weighted by Gasteiger charge is 2.20. The van der Waals surface area contributed by atoms with Crippen LogP contribution in [-0.4, -0.2) is 53.7 Å². The number of carbonyl (C=O) groups excluding carboxylic acids is 1. The third kappa shape index (κ3) is 5.69. The Balaban J connectivity index is 0.000000271. The zero-order valence-corrected chi connectivity index (χ0v) is 20.5. The van der Waals surface area contributed by atoms with Crippen molar-refractivity contribution in [3.8, 4) is 34.7 Å². The third-order valence-corrected chi connectivity index (χ3v) is 6.06. The van der Waals surface area contributed by atoms with Gasteiger partial charge in [-0.3, -0.25) is 4.79 Å². The van der Waals surface area contributed by atoms with Crippen LogP contribution >= 0.6 is 0 Å². The molecule has 3 aromatic rings. The van der Waals surface area contributed by atoms with Crippen molar-refractivity contribution in [3.63, 3.8) is 0 Å². The summed E-state index contributed by atoms with van der Waals surface area (Å²) >= 11 is 0. The van der Waals surface area contributed by atoms with E-state index in [0.717, 1.165) is 31.5 Å². The number of rotatable bonds is 6. The molecule has 2 heterocycles. The van der Waals surface area contributed by atoms with Crippen molar-refractivity contribution in [3.05, 3.63) is 53.1 Å². The van der Waals surface area contributed by atoms with E-state index in [4.69, 9.17) is 9.26 Å². The minimum atomic E-state index is 0.00290. The van der Waals surface area contributed by atoms with Crippen LogP contribution in [-0.2, 0) is 17.6 Å². The number of nitriles is 1. The van der Waals surface area contributed by atoms with Gasteiger partial charge in [-0.25, -0.2) is 0 Å². The SMILES string of the molecule is CC(C)Oc1ccc(-c2nc(-c3cccc4c3CCC4)no2)cc1C#N.CNCC(=O)N1CCC1. The molecule has 182 valence electrons. The lowest BCUT2D eigenvalue weighted by Gasteiger charge is -2.30. The Labute approximate surface area is 205 Å². The fraction of sp³-hybridized carbons (Fsp3) is 0.407. The average Bonchev–Trinajstić information content (AvgIpc) is 3.48. The third-order valence-electron chi connectivity index (χ3n) is 6.06. The Kier molecular flexibility index (Phi) is 7.78. The van der Waals surface area contributed by atoms with Gasteiger partial charge in [0.1, 0.15) is 11.8 Å². The number of nitrogens with zero attached hydrogens (tertiary/aromatic N) is 4. The predicted octanol–water partition coefficient (Wildman–Crippen LogP) is 3.99. The molecule has 0 radical (unpaired) electrons. The molecule has 1 aromatic heterocycles. The van der Waals surface area contributed by atoms with Crippen LogP contribution in [0.1, 0.15) is 43.4 Å². The molecule has 5 rings (SSSR count). The molecule has 0 unspecified atom stereocenters. The van der Waals surface area contributed by atoms with Gasteiger partial charge in [-0.05, 0) is 75.9 Å². The molecule has 1 aliphatic carbocycles. The number of fused-ring (bicyclic) bond motifs is 1. The van der Waals surface area contributed by atoms with Crippen LogP contribution in [0, 0.1) is 11.3 Å². The number of benzene rings is 2. The fourth-order valence-electron chi connectivity index (χ4n) is 4.22. The molecule has 0 spiro atoms. The highest BCUT2D eigenvalue weighted by molar-refractivity contribution is 5.78. The number of amides is 1. The maximum Gasteiger partial charge on any atom is 0.258 e. The molecule has 0 atom stereocenters. The van der Waals surface area contributed by atoms with E-state index >= 15 is 0 Å². The number of carbonyl (C=O) groups is 1. The van der Waals surface area contributed by atoms with Crippen LogP contribution in [0.3, 0.4) is 0 Å². The Morgan fingerprint density at radius 1 is 1.23 bits per heavy atom. The first-order chi connectivity index (χ1) is 17.0. The molecule has 1 amide bonds. The second-order valence-corrected chi connectivity index (χ2v) is 8.97. The number of aromatic nitrogens is 2. The van der Waals surface area contributed by atoms with Gasteiger partial charge in [0.25, 0.3) is 5.89 Å². The zero-order chi connectivity index (χ0) is 24.8. The van der Waals surface area contributed by atoms with Crippen molar-refractivity contribution in [2.75, 3.05) is 26.7 Å². The Morgan fingerprint density at radius 2 is 2.06 bits per heavy atom. The molecule has 1 aliphatic heterocycles. The molecule has 8 heteroatoms. The monoisotopic (exact) mass is 473 g/mol. The molecule has 2 aliphatic rings. The van der Waals surface area contributed by atoms with Crippen molar-refractivity contribution in [1.29, 1.82) is 5.26 Å². The molecule has 1 saturated heterocycles. The van der Waals surface area contributed by atoms with E-state index in [9.17, 15) is 10.1 Å². The fourth-order valence-corrected chi connectivity index (χ4v) is 4.22. The van der Waals surface area contributed by atoms with Crippen LogP contribution in [0.2, 0.25) is 0 Å². The molecular formula is C27H31N5O3. The number of likely N-dealkylation sites (tertiary alicyclic amines) is 1. The van der Waals surface area contributed by atoms with Crippen molar-refractivity contribution in [1.82, 2.24) is 20.4 Å². The molecule has 1 N–H and O–H groups in total. The van der Waals surface area contributed by atoms with Crippen LogP contribution in [0.4, 0.5) is 0 Å². The standard InChI is InChI=1S/C21H19N3O2.C6H12N2O/c1-13(2)25-19-10-9-15(11-16(19)12-22)21-23-20(24-26-21)18-8-4-6-14-5-3-7-17(14)18;1-7-5-6(9)8-3-2-4-8/h4,6,8-11,13H,3,5,7H2,1-2H3;7H,2-5H2,1H3. The number of hydrogen-bond donors (Lipinski definition) is 1. The van der Waals surface area contributed by atoms with Crippen molar-refractivity contribution in [2.24, 2.45) is 0 Å². The summed E-state index contributed by atoms with van der Waals surface area (Å²) in [6.45, 7) is 6.26. The minimum absolute atomic E-state index is 0.00290. The van der Waals surface area contributed by atoms with Gasteiger partial charge in [-0.2, -0.15) is 10.2 Å². The van der Waals surface area contributed by atoms with Crippen LogP contribution < -0.4 is 10.1 Å². The highest BCUT2D eigenvalue weighted by Crippen LogP contribution is 2.32. The van der Waals surface area contributed by atoms with Gasteiger partial charge in [0.2, 0.25) is 11.7 Å². The summed E-state index contributed by atoms with van der Waals surface area (Å²) in [6.07, 6.45) is 4.50. The molecule has 0 saturated carbocycles. The van der Waals surface area contributed by atoms with E-state index in [0.29, 0.717) is 35.1 Å². The first-order valence-corrected chi connectivity index (χ1v) is 12.1. The van der Waals surface area contributed by atoms with Gasteiger partial charge >= 0.3 is 0 Å². The van der Waals surface area contributed by atoms with Gasteiger partial charge in [0.15, 0.2) is 0 Å². The van der Waals surface area contributed by atoms with E-state index in [1.807, 2.05) is 36.9 Å². The molecule has 0 bridgehead atoms. The van der Waals surface area contributed by atoms with Crippen LogP contribution in [0.25, 0.3) is 22.8 Å². The second-order valence-electron chi connectivity index (χ2n) is 8.97. The Morgan fingerprint density at radius 3 is 2.74 bits per heavy atom. The summed E-state index contributed by atoms with van der Waals surface area (Å²) in [5.41, 5.74) is 4.89. The summed E-state index contributed by atoms with van der Waals surface area (Å²) < 4.78 is 11.1. The Bertz CT molecular complexity index is 1220. The molecule has 8 nitrogen and oxygen atoms in total. The lowest BCUT2D eigenvalue weighted by Crippen LogP contribution is -2.45. The summed E-state index contributed by atoms with van der Waals surface area (Å²) in [5.74, 6) is 1.79. The number of ether oxygens (including phenoxy) is 1. The van der Waals surface area contributed by atoms with E-state index in [-0.39, 0.29) is 12.0 Å². The first-order valence-electron chi connectivity index (χ1n) is 12.1. The molecular weight excluding hydrogens is 442 g/mol. The van der Waals surface area contributed by atoms with Crippen molar-refractivity contribution in [2.45, 2.75) is 45.6 Å². The van der Waals surface area contributed by atoms with Gasteiger partial charge in [-0.1, -0.05) is 23.4 Å². The Hall–Kier alpha value is -3.70. The quantitative estimate of drug-likeness (QED) is 0.577. The number of aryl methyl sites for hydroxylation is 1. The lowest BCUT2D eigenvalue weighted by atomic mass is 10.0.